The number of carbonyl (C=O) groups excluding carboxylic acids is 2. The number of para-hydroxylation sites is 1. The van der Waals surface area contributed by atoms with Gasteiger partial charge >= 0.3 is 0 Å². The second kappa shape index (κ2) is 7.23. The van der Waals surface area contributed by atoms with Gasteiger partial charge in [-0.05, 0) is 56.3 Å². The van der Waals surface area contributed by atoms with Crippen molar-refractivity contribution in [2.24, 2.45) is 0 Å². The predicted octanol–water partition coefficient (Wildman–Crippen LogP) is 3.02. The van der Waals surface area contributed by atoms with E-state index in [0.717, 1.165) is 5.69 Å². The summed E-state index contributed by atoms with van der Waals surface area (Å²) in [5, 5.41) is 9.72. The quantitative estimate of drug-likeness (QED) is 0.744. The lowest BCUT2D eigenvalue weighted by Gasteiger charge is -2.25. The van der Waals surface area contributed by atoms with E-state index in [1.807, 2.05) is 30.5 Å². The standard InChI is InChI=1S/C20H20N4O2/c1-20(2,19(26)22-16-7-4-3-5-8-16)23-18(25)15-9-11-17(12-10-15)24-14-6-13-21-24/h3-14H,1-2H3,(H,22,26)(H,23,25). The highest BCUT2D eigenvalue weighted by atomic mass is 16.2. The molecule has 1 aromatic heterocycles. The maximum absolute atomic E-state index is 12.5. The Bertz CT molecular complexity index is 885. The molecule has 2 N–H and O–H groups in total. The number of hydrogen-bond donors (Lipinski definition) is 2. The average Bonchev–Trinajstić information content (AvgIpc) is 3.17. The van der Waals surface area contributed by atoms with Gasteiger partial charge in [0, 0.05) is 23.6 Å². The van der Waals surface area contributed by atoms with Gasteiger partial charge < -0.3 is 10.6 Å². The highest BCUT2D eigenvalue weighted by Crippen LogP contribution is 2.13. The lowest BCUT2D eigenvalue weighted by molar-refractivity contribution is -0.120. The summed E-state index contributed by atoms with van der Waals surface area (Å²) in [6.45, 7) is 3.34. The summed E-state index contributed by atoms with van der Waals surface area (Å²) in [6, 6.07) is 18.0. The number of nitrogens with zero attached hydrogens (tertiary/aromatic N) is 2. The Hall–Kier alpha value is -3.41. The molecule has 0 saturated heterocycles. The Kier molecular flexibility index (Phi) is 4.84. The van der Waals surface area contributed by atoms with Gasteiger partial charge in [0.25, 0.3) is 5.91 Å². The minimum atomic E-state index is -1.06. The minimum Gasteiger partial charge on any atom is -0.338 e. The molecule has 132 valence electrons. The molecule has 0 fully saturated rings. The lowest BCUT2D eigenvalue weighted by Crippen LogP contribution is -2.52. The van der Waals surface area contributed by atoms with Gasteiger partial charge in [-0.2, -0.15) is 5.10 Å². The van der Waals surface area contributed by atoms with E-state index in [2.05, 4.69) is 15.7 Å². The van der Waals surface area contributed by atoms with Crippen LogP contribution < -0.4 is 10.6 Å². The van der Waals surface area contributed by atoms with E-state index in [1.54, 1.807) is 61.1 Å². The van der Waals surface area contributed by atoms with Crippen molar-refractivity contribution >= 4 is 17.5 Å². The molecule has 2 amide bonds. The van der Waals surface area contributed by atoms with Crippen molar-refractivity contribution in [2.45, 2.75) is 19.4 Å². The van der Waals surface area contributed by atoms with Gasteiger partial charge in [-0.15, -0.1) is 0 Å². The Morgan fingerprint density at radius 2 is 1.65 bits per heavy atom. The lowest BCUT2D eigenvalue weighted by atomic mass is 10.0. The van der Waals surface area contributed by atoms with Crippen molar-refractivity contribution in [1.29, 1.82) is 0 Å². The predicted molar refractivity (Wildman–Crippen MR) is 100 cm³/mol. The molecule has 0 aliphatic rings. The highest BCUT2D eigenvalue weighted by Gasteiger charge is 2.29. The number of nitrogens with one attached hydrogen (secondary N) is 2. The molecule has 0 spiro atoms. The third kappa shape index (κ3) is 3.97. The zero-order valence-corrected chi connectivity index (χ0v) is 14.6. The summed E-state index contributed by atoms with van der Waals surface area (Å²) in [7, 11) is 0. The molecule has 0 bridgehead atoms. The molecule has 0 radical (unpaired) electrons. The molecule has 0 aliphatic carbocycles. The van der Waals surface area contributed by atoms with Crippen LogP contribution in [0.1, 0.15) is 24.2 Å². The smallest absolute Gasteiger partial charge is 0.252 e. The number of benzene rings is 2. The Balaban J connectivity index is 1.67. The van der Waals surface area contributed by atoms with E-state index >= 15 is 0 Å². The number of carbonyl (C=O) groups is 2. The van der Waals surface area contributed by atoms with Gasteiger partial charge in [-0.25, -0.2) is 4.68 Å². The van der Waals surface area contributed by atoms with Crippen molar-refractivity contribution in [3.63, 3.8) is 0 Å². The molecular formula is C20H20N4O2. The first-order valence-corrected chi connectivity index (χ1v) is 8.25. The molecule has 0 saturated carbocycles. The van der Waals surface area contributed by atoms with E-state index in [4.69, 9.17) is 0 Å². The SMILES string of the molecule is CC(C)(NC(=O)c1ccc(-n2cccn2)cc1)C(=O)Nc1ccccc1. The van der Waals surface area contributed by atoms with Crippen molar-refractivity contribution in [3.05, 3.63) is 78.6 Å². The second-order valence-corrected chi connectivity index (χ2v) is 6.40. The monoisotopic (exact) mass is 348 g/mol. The van der Waals surface area contributed by atoms with E-state index in [9.17, 15) is 9.59 Å². The first kappa shape index (κ1) is 17.4. The number of aromatic nitrogens is 2. The maximum atomic E-state index is 12.5. The molecule has 0 unspecified atom stereocenters. The average molecular weight is 348 g/mol. The highest BCUT2D eigenvalue weighted by molar-refractivity contribution is 6.03. The van der Waals surface area contributed by atoms with Gasteiger partial charge in [0.2, 0.25) is 5.91 Å². The van der Waals surface area contributed by atoms with Crippen molar-refractivity contribution in [3.8, 4) is 5.69 Å². The van der Waals surface area contributed by atoms with Crippen LogP contribution in [0.4, 0.5) is 5.69 Å². The molecule has 6 nitrogen and oxygen atoms in total. The van der Waals surface area contributed by atoms with Gasteiger partial charge in [0.1, 0.15) is 5.54 Å². The molecule has 2 aromatic carbocycles. The first-order chi connectivity index (χ1) is 12.5. The van der Waals surface area contributed by atoms with Crippen LogP contribution in [0.5, 0.6) is 0 Å². The topological polar surface area (TPSA) is 76.0 Å². The molecule has 26 heavy (non-hydrogen) atoms. The normalized spacial score (nSPS) is 11.0. The Morgan fingerprint density at radius 3 is 2.27 bits per heavy atom. The van der Waals surface area contributed by atoms with Crippen LogP contribution in [-0.4, -0.2) is 27.1 Å². The summed E-state index contributed by atoms with van der Waals surface area (Å²) < 4.78 is 1.71. The summed E-state index contributed by atoms with van der Waals surface area (Å²) in [6.07, 6.45) is 3.51. The Labute approximate surface area is 151 Å². The minimum absolute atomic E-state index is 0.287. The van der Waals surface area contributed by atoms with Gasteiger partial charge in [0.15, 0.2) is 0 Å². The van der Waals surface area contributed by atoms with E-state index in [-0.39, 0.29) is 11.8 Å². The number of anilines is 1. The molecule has 3 aromatic rings. The third-order valence-corrected chi connectivity index (χ3v) is 3.92. The second-order valence-electron chi connectivity index (χ2n) is 6.40. The zero-order valence-electron chi connectivity index (χ0n) is 14.6. The van der Waals surface area contributed by atoms with Crippen LogP contribution in [0.2, 0.25) is 0 Å². The van der Waals surface area contributed by atoms with Crippen LogP contribution in [0.3, 0.4) is 0 Å². The molecule has 0 atom stereocenters. The summed E-state index contributed by atoms with van der Waals surface area (Å²) in [5.74, 6) is -0.601. The molecule has 0 aliphatic heterocycles. The van der Waals surface area contributed by atoms with Crippen LogP contribution >= 0.6 is 0 Å². The molecular weight excluding hydrogens is 328 g/mol. The van der Waals surface area contributed by atoms with Crippen LogP contribution in [0, 0.1) is 0 Å². The number of rotatable bonds is 5. The van der Waals surface area contributed by atoms with Crippen LogP contribution in [0.15, 0.2) is 73.1 Å². The van der Waals surface area contributed by atoms with Crippen molar-refractivity contribution in [2.75, 3.05) is 5.32 Å². The van der Waals surface area contributed by atoms with Crippen LogP contribution in [-0.2, 0) is 4.79 Å². The summed E-state index contributed by atoms with van der Waals surface area (Å²) in [4.78, 5) is 25.0. The van der Waals surface area contributed by atoms with Gasteiger partial charge in [-0.3, -0.25) is 9.59 Å². The summed E-state index contributed by atoms with van der Waals surface area (Å²) in [5.41, 5.74) is 0.950. The maximum Gasteiger partial charge on any atom is 0.252 e. The van der Waals surface area contributed by atoms with Gasteiger partial charge in [0.05, 0.1) is 5.69 Å². The fourth-order valence-corrected chi connectivity index (χ4v) is 2.41. The number of amides is 2. The number of hydrogen-bond acceptors (Lipinski definition) is 3. The first-order valence-electron chi connectivity index (χ1n) is 8.25. The van der Waals surface area contributed by atoms with Crippen molar-refractivity contribution in [1.82, 2.24) is 15.1 Å². The molecule has 1 heterocycles. The largest absolute Gasteiger partial charge is 0.338 e. The van der Waals surface area contributed by atoms with Gasteiger partial charge in [-0.1, -0.05) is 18.2 Å². The fraction of sp³-hybridized carbons (Fsp3) is 0.150. The fourth-order valence-electron chi connectivity index (χ4n) is 2.41. The zero-order chi connectivity index (χ0) is 18.6. The van der Waals surface area contributed by atoms with E-state index in [0.29, 0.717) is 11.3 Å². The third-order valence-electron chi connectivity index (χ3n) is 3.92. The summed E-state index contributed by atoms with van der Waals surface area (Å²) >= 11 is 0. The Morgan fingerprint density at radius 1 is 0.962 bits per heavy atom. The van der Waals surface area contributed by atoms with E-state index in [1.165, 1.54) is 0 Å². The molecule has 3 rings (SSSR count). The van der Waals surface area contributed by atoms with Crippen molar-refractivity contribution < 1.29 is 9.59 Å². The van der Waals surface area contributed by atoms with E-state index < -0.39 is 5.54 Å². The molecule has 6 heteroatoms. The van der Waals surface area contributed by atoms with Crippen LogP contribution in [0.25, 0.3) is 5.69 Å².